The van der Waals surface area contributed by atoms with Crippen LogP contribution in [0.25, 0.3) is 0 Å². The number of hydrazine groups is 1. The lowest BCUT2D eigenvalue weighted by molar-refractivity contribution is -0.132. The largest absolute Gasteiger partial charge is 0.343 e. The fourth-order valence-corrected chi connectivity index (χ4v) is 2.38. The molecule has 1 aromatic rings. The van der Waals surface area contributed by atoms with Crippen LogP contribution in [0.5, 0.6) is 0 Å². The average molecular weight is 304 g/mol. The number of pyridine rings is 1. The van der Waals surface area contributed by atoms with E-state index in [1.807, 2.05) is 19.1 Å². The van der Waals surface area contributed by atoms with Crippen molar-refractivity contribution in [2.24, 2.45) is 5.92 Å². The molecule has 0 atom stereocenters. The first kappa shape index (κ1) is 15.9. The fourth-order valence-electron chi connectivity index (χ4n) is 2.38. The Labute approximate surface area is 129 Å². The first-order valence-corrected chi connectivity index (χ1v) is 7.38. The van der Waals surface area contributed by atoms with E-state index in [9.17, 15) is 14.4 Å². The number of hydrogen-bond donors (Lipinski definition) is 2. The molecule has 0 bridgehead atoms. The van der Waals surface area contributed by atoms with Crippen LogP contribution in [0.3, 0.4) is 0 Å². The molecule has 0 aliphatic carbocycles. The van der Waals surface area contributed by atoms with Crippen LogP contribution in [0.4, 0.5) is 0 Å². The van der Waals surface area contributed by atoms with Crippen LogP contribution in [-0.2, 0) is 20.8 Å². The van der Waals surface area contributed by atoms with Crippen molar-refractivity contribution >= 4 is 17.7 Å². The molecule has 1 aromatic heterocycles. The molecule has 2 heterocycles. The Hall–Kier alpha value is -2.44. The second-order valence-electron chi connectivity index (χ2n) is 5.15. The normalized spacial score (nSPS) is 14.6. The van der Waals surface area contributed by atoms with Gasteiger partial charge in [-0.2, -0.15) is 0 Å². The van der Waals surface area contributed by atoms with E-state index in [2.05, 4.69) is 15.8 Å². The molecule has 0 saturated carbocycles. The summed E-state index contributed by atoms with van der Waals surface area (Å²) in [6.07, 6.45) is 4.64. The van der Waals surface area contributed by atoms with Crippen LogP contribution < -0.4 is 10.9 Å². The highest BCUT2D eigenvalue weighted by atomic mass is 16.2. The van der Waals surface area contributed by atoms with Gasteiger partial charge in [0.05, 0.1) is 0 Å². The SMILES string of the molecule is CCN(CCc1ccncc1)C(=O)CCC1C(=O)NNC1=O. The van der Waals surface area contributed by atoms with Gasteiger partial charge in [-0.25, -0.2) is 0 Å². The molecule has 0 spiro atoms. The van der Waals surface area contributed by atoms with Gasteiger partial charge in [0.2, 0.25) is 5.91 Å². The predicted molar refractivity (Wildman–Crippen MR) is 79.2 cm³/mol. The Morgan fingerprint density at radius 2 is 1.86 bits per heavy atom. The summed E-state index contributed by atoms with van der Waals surface area (Å²) in [5.41, 5.74) is 5.65. The molecule has 0 radical (unpaired) electrons. The van der Waals surface area contributed by atoms with Crippen LogP contribution in [0.2, 0.25) is 0 Å². The zero-order chi connectivity index (χ0) is 15.9. The van der Waals surface area contributed by atoms with Gasteiger partial charge in [-0.1, -0.05) is 0 Å². The van der Waals surface area contributed by atoms with Crippen molar-refractivity contribution in [3.63, 3.8) is 0 Å². The molecule has 1 aliphatic rings. The van der Waals surface area contributed by atoms with Crippen molar-refractivity contribution in [1.29, 1.82) is 0 Å². The van der Waals surface area contributed by atoms with Gasteiger partial charge >= 0.3 is 0 Å². The minimum Gasteiger partial charge on any atom is -0.343 e. The number of rotatable bonds is 7. The predicted octanol–water partition coefficient (Wildman–Crippen LogP) is 0.0300. The maximum absolute atomic E-state index is 12.2. The number of carbonyl (C=O) groups is 3. The van der Waals surface area contributed by atoms with Crippen molar-refractivity contribution in [3.05, 3.63) is 30.1 Å². The molecule has 2 N–H and O–H groups in total. The quantitative estimate of drug-likeness (QED) is 0.695. The number of nitrogens with zero attached hydrogens (tertiary/aromatic N) is 2. The maximum atomic E-state index is 12.2. The van der Waals surface area contributed by atoms with Gasteiger partial charge in [-0.05, 0) is 37.5 Å². The first-order chi connectivity index (χ1) is 10.6. The number of carbonyl (C=O) groups excluding carboxylic acids is 3. The Bertz CT molecular complexity index is 531. The molecular formula is C15H20N4O3. The third-order valence-electron chi connectivity index (χ3n) is 3.74. The van der Waals surface area contributed by atoms with Gasteiger partial charge < -0.3 is 4.90 Å². The van der Waals surface area contributed by atoms with E-state index >= 15 is 0 Å². The lowest BCUT2D eigenvalue weighted by Crippen LogP contribution is -2.33. The number of hydrogen-bond acceptors (Lipinski definition) is 4. The van der Waals surface area contributed by atoms with Gasteiger partial charge in [0.25, 0.3) is 11.8 Å². The summed E-state index contributed by atoms with van der Waals surface area (Å²) in [5, 5.41) is 0. The van der Waals surface area contributed by atoms with E-state index in [-0.39, 0.29) is 30.6 Å². The summed E-state index contributed by atoms with van der Waals surface area (Å²) in [4.78, 5) is 40.8. The minimum atomic E-state index is -0.761. The fraction of sp³-hybridized carbons (Fsp3) is 0.467. The summed E-state index contributed by atoms with van der Waals surface area (Å²) in [6, 6.07) is 3.84. The highest BCUT2D eigenvalue weighted by molar-refractivity contribution is 6.05. The van der Waals surface area contributed by atoms with Crippen molar-refractivity contribution in [1.82, 2.24) is 20.7 Å². The third-order valence-corrected chi connectivity index (χ3v) is 3.74. The standard InChI is InChI=1S/C15H20N4O3/c1-2-19(10-7-11-5-8-16-9-6-11)13(20)4-3-12-14(21)17-18-15(12)22/h5-6,8-9,12H,2-4,7,10H2,1H3,(H,17,21)(H,18,22). The van der Waals surface area contributed by atoms with E-state index in [0.717, 1.165) is 12.0 Å². The summed E-state index contributed by atoms with van der Waals surface area (Å²) in [5.74, 6) is -1.53. The van der Waals surface area contributed by atoms with Gasteiger partial charge in [-0.15, -0.1) is 0 Å². The molecule has 1 aliphatic heterocycles. The zero-order valence-corrected chi connectivity index (χ0v) is 12.5. The molecule has 0 unspecified atom stereocenters. The summed E-state index contributed by atoms with van der Waals surface area (Å²) >= 11 is 0. The van der Waals surface area contributed by atoms with Crippen molar-refractivity contribution in [3.8, 4) is 0 Å². The smallest absolute Gasteiger partial charge is 0.251 e. The number of amides is 3. The van der Waals surface area contributed by atoms with Crippen LogP contribution >= 0.6 is 0 Å². The Morgan fingerprint density at radius 1 is 1.23 bits per heavy atom. The molecule has 3 amide bonds. The minimum absolute atomic E-state index is 0.0379. The molecule has 1 fully saturated rings. The molecular weight excluding hydrogens is 284 g/mol. The highest BCUT2D eigenvalue weighted by Gasteiger charge is 2.33. The number of likely N-dealkylation sites (N-methyl/N-ethyl adjacent to an activating group) is 1. The van der Waals surface area contributed by atoms with Crippen LogP contribution in [0, 0.1) is 5.92 Å². The van der Waals surface area contributed by atoms with Gasteiger partial charge in [0.1, 0.15) is 5.92 Å². The average Bonchev–Trinajstić information content (AvgIpc) is 2.85. The summed E-state index contributed by atoms with van der Waals surface area (Å²) < 4.78 is 0. The number of aromatic nitrogens is 1. The van der Waals surface area contributed by atoms with E-state index in [1.54, 1.807) is 17.3 Å². The van der Waals surface area contributed by atoms with Crippen molar-refractivity contribution < 1.29 is 14.4 Å². The maximum Gasteiger partial charge on any atom is 0.251 e. The van der Waals surface area contributed by atoms with Crippen LogP contribution in [0.15, 0.2) is 24.5 Å². The summed E-state index contributed by atoms with van der Waals surface area (Å²) in [6.45, 7) is 3.13. The van der Waals surface area contributed by atoms with Crippen molar-refractivity contribution in [2.45, 2.75) is 26.2 Å². The Morgan fingerprint density at radius 3 is 2.45 bits per heavy atom. The highest BCUT2D eigenvalue weighted by Crippen LogP contribution is 2.12. The molecule has 22 heavy (non-hydrogen) atoms. The van der Waals surface area contributed by atoms with Crippen LogP contribution in [-0.4, -0.2) is 40.7 Å². The van der Waals surface area contributed by atoms with Crippen LogP contribution in [0.1, 0.15) is 25.3 Å². The topological polar surface area (TPSA) is 91.4 Å². The summed E-state index contributed by atoms with van der Waals surface area (Å²) in [7, 11) is 0. The van der Waals surface area contributed by atoms with E-state index < -0.39 is 5.92 Å². The second-order valence-corrected chi connectivity index (χ2v) is 5.15. The zero-order valence-electron chi connectivity index (χ0n) is 12.5. The molecule has 2 rings (SSSR count). The second kappa shape index (κ2) is 7.53. The Balaban J connectivity index is 1.81. The number of nitrogens with one attached hydrogen (secondary N) is 2. The molecule has 7 nitrogen and oxygen atoms in total. The van der Waals surface area contributed by atoms with E-state index in [4.69, 9.17) is 0 Å². The van der Waals surface area contributed by atoms with Gasteiger partial charge in [0, 0.05) is 31.9 Å². The third kappa shape index (κ3) is 4.03. The lowest BCUT2D eigenvalue weighted by Gasteiger charge is -2.21. The molecule has 7 heteroatoms. The van der Waals surface area contributed by atoms with Crippen molar-refractivity contribution in [2.75, 3.05) is 13.1 Å². The molecule has 118 valence electrons. The molecule has 1 saturated heterocycles. The first-order valence-electron chi connectivity index (χ1n) is 7.38. The Kier molecular flexibility index (Phi) is 5.46. The lowest BCUT2D eigenvalue weighted by atomic mass is 10.0. The van der Waals surface area contributed by atoms with E-state index in [1.165, 1.54) is 0 Å². The van der Waals surface area contributed by atoms with Gasteiger partial charge in [0.15, 0.2) is 0 Å². The molecule has 0 aromatic carbocycles. The van der Waals surface area contributed by atoms with Gasteiger partial charge in [-0.3, -0.25) is 30.2 Å². The monoisotopic (exact) mass is 304 g/mol. The van der Waals surface area contributed by atoms with E-state index in [0.29, 0.717) is 13.1 Å².